The maximum atomic E-state index is 12.8. The summed E-state index contributed by atoms with van der Waals surface area (Å²) in [6, 6.07) is 6.18. The molecule has 130 valence electrons. The summed E-state index contributed by atoms with van der Waals surface area (Å²) in [6.45, 7) is 3.47. The maximum absolute atomic E-state index is 12.8. The molecule has 0 saturated carbocycles. The van der Waals surface area contributed by atoms with Gasteiger partial charge in [0, 0.05) is 20.4 Å². The highest BCUT2D eigenvalue weighted by molar-refractivity contribution is 5.97. The van der Waals surface area contributed by atoms with Crippen LogP contribution in [0.15, 0.2) is 36.1 Å². The van der Waals surface area contributed by atoms with Gasteiger partial charge in [0.2, 0.25) is 11.5 Å². The van der Waals surface area contributed by atoms with E-state index in [4.69, 9.17) is 14.3 Å². The molecule has 1 fully saturated rings. The fourth-order valence-corrected chi connectivity index (χ4v) is 2.24. The van der Waals surface area contributed by atoms with Crippen molar-refractivity contribution < 1.29 is 28.3 Å². The number of hydrogen-bond acceptors (Lipinski definition) is 5. The number of rotatable bonds is 6. The Morgan fingerprint density at radius 3 is 2.50 bits per heavy atom. The van der Waals surface area contributed by atoms with E-state index >= 15 is 0 Å². The summed E-state index contributed by atoms with van der Waals surface area (Å²) < 4.78 is 23.1. The Bertz CT molecular complexity index is 639. The van der Waals surface area contributed by atoms with Crippen LogP contribution in [-0.2, 0) is 30.3 Å². The molecule has 6 nitrogen and oxygen atoms in total. The van der Waals surface area contributed by atoms with Gasteiger partial charge in [-0.2, -0.15) is 0 Å². The molecule has 0 spiro atoms. The highest BCUT2D eigenvalue weighted by atomic mass is 19.1. The Morgan fingerprint density at radius 1 is 1.29 bits per heavy atom. The zero-order valence-electron chi connectivity index (χ0n) is 13.9. The van der Waals surface area contributed by atoms with Gasteiger partial charge in [-0.1, -0.05) is 12.1 Å². The Hall–Kier alpha value is -2.41. The molecule has 0 aliphatic carbocycles. The summed E-state index contributed by atoms with van der Waals surface area (Å²) in [5, 5.41) is 1.12. The minimum Gasteiger partial charge on any atom is -0.445 e. The normalized spacial score (nSPS) is 17.5. The smallest absolute Gasteiger partial charge is 0.377 e. The molecule has 1 aromatic rings. The van der Waals surface area contributed by atoms with E-state index in [0.717, 1.165) is 16.7 Å². The van der Waals surface area contributed by atoms with Gasteiger partial charge in [-0.3, -0.25) is 9.63 Å². The number of amides is 1. The van der Waals surface area contributed by atoms with E-state index < -0.39 is 17.7 Å². The lowest BCUT2D eigenvalue weighted by Crippen LogP contribution is -2.30. The van der Waals surface area contributed by atoms with Crippen LogP contribution in [0.5, 0.6) is 0 Å². The van der Waals surface area contributed by atoms with Crippen molar-refractivity contribution in [2.45, 2.75) is 32.5 Å². The van der Waals surface area contributed by atoms with Gasteiger partial charge < -0.3 is 9.47 Å². The molecule has 1 aliphatic heterocycles. The number of hydroxylamine groups is 2. The Kier molecular flexibility index (Phi) is 5.56. The fraction of sp³-hybridized carbons (Fsp3) is 0.412. The van der Waals surface area contributed by atoms with Gasteiger partial charge in [-0.15, -0.1) is 0 Å². The molecule has 0 atom stereocenters. The summed E-state index contributed by atoms with van der Waals surface area (Å²) in [5.41, 5.74) is 0.961. The highest BCUT2D eigenvalue weighted by Gasteiger charge is 2.38. The number of hydrogen-bond donors (Lipinski definition) is 0. The maximum Gasteiger partial charge on any atom is 0.377 e. The van der Waals surface area contributed by atoms with Crippen molar-refractivity contribution in [2.75, 3.05) is 13.7 Å². The van der Waals surface area contributed by atoms with Crippen LogP contribution in [0.25, 0.3) is 0 Å². The topological polar surface area (TPSA) is 65.1 Å². The van der Waals surface area contributed by atoms with Crippen LogP contribution >= 0.6 is 0 Å². The van der Waals surface area contributed by atoms with Crippen molar-refractivity contribution in [3.05, 3.63) is 47.5 Å². The van der Waals surface area contributed by atoms with Gasteiger partial charge in [-0.25, -0.2) is 14.2 Å². The number of carbonyl (C=O) groups is 2. The van der Waals surface area contributed by atoms with Crippen molar-refractivity contribution in [1.82, 2.24) is 5.06 Å². The van der Waals surface area contributed by atoms with E-state index in [-0.39, 0.29) is 11.6 Å². The van der Waals surface area contributed by atoms with E-state index in [1.807, 2.05) is 0 Å². The first-order valence-corrected chi connectivity index (χ1v) is 7.55. The van der Waals surface area contributed by atoms with E-state index in [1.165, 1.54) is 19.2 Å². The second kappa shape index (κ2) is 7.44. The van der Waals surface area contributed by atoms with Crippen LogP contribution < -0.4 is 0 Å². The molecule has 7 heteroatoms. The molecule has 2 rings (SSSR count). The minimum atomic E-state index is -1.08. The van der Waals surface area contributed by atoms with E-state index in [2.05, 4.69) is 0 Å². The third-order valence-electron chi connectivity index (χ3n) is 3.36. The fourth-order valence-electron chi connectivity index (χ4n) is 2.24. The first-order chi connectivity index (χ1) is 11.3. The summed E-state index contributed by atoms with van der Waals surface area (Å²) in [4.78, 5) is 28.8. The molecule has 1 aliphatic rings. The number of esters is 1. The second-order valence-electron chi connectivity index (χ2n) is 5.75. The van der Waals surface area contributed by atoms with Crippen LogP contribution in [0.3, 0.4) is 0 Å². The lowest BCUT2D eigenvalue weighted by molar-refractivity contribution is -0.170. The van der Waals surface area contributed by atoms with E-state index in [0.29, 0.717) is 19.4 Å². The Morgan fingerprint density at radius 2 is 1.96 bits per heavy atom. The third-order valence-corrected chi connectivity index (χ3v) is 3.36. The molecular weight excluding hydrogens is 317 g/mol. The lowest BCUT2D eigenvalue weighted by Gasteiger charge is -2.18. The van der Waals surface area contributed by atoms with Crippen LogP contribution in [0.1, 0.15) is 25.8 Å². The van der Waals surface area contributed by atoms with Gasteiger partial charge >= 0.3 is 5.97 Å². The first kappa shape index (κ1) is 17.9. The standard InChI is InChI=1S/C17H20FNO5/c1-17(2)23-14(16(21)24-17)11-15(20)19(22-3)10-4-5-12-6-8-13(18)9-7-12/h6-9,11H,4-5,10H2,1-3H3/b14-11-. The Balaban J connectivity index is 1.90. The van der Waals surface area contributed by atoms with E-state index in [1.54, 1.807) is 26.0 Å². The Labute approximate surface area is 139 Å². The van der Waals surface area contributed by atoms with Crippen LogP contribution in [0, 0.1) is 5.82 Å². The first-order valence-electron chi connectivity index (χ1n) is 7.55. The molecule has 24 heavy (non-hydrogen) atoms. The zero-order chi connectivity index (χ0) is 17.7. The number of cyclic esters (lactones) is 1. The van der Waals surface area contributed by atoms with Crippen LogP contribution in [0.4, 0.5) is 4.39 Å². The molecule has 1 aromatic carbocycles. The number of halogens is 1. The number of carbonyl (C=O) groups excluding carboxylic acids is 2. The predicted octanol–water partition coefficient (Wildman–Crippen LogP) is 2.34. The molecule has 0 aromatic heterocycles. The van der Waals surface area contributed by atoms with Crippen LogP contribution in [0.2, 0.25) is 0 Å². The molecule has 1 saturated heterocycles. The molecule has 1 amide bonds. The summed E-state index contributed by atoms with van der Waals surface area (Å²) in [6.07, 6.45) is 2.33. The van der Waals surface area contributed by atoms with Gasteiger partial charge in [0.05, 0.1) is 13.2 Å². The van der Waals surface area contributed by atoms with Crippen molar-refractivity contribution in [2.24, 2.45) is 0 Å². The van der Waals surface area contributed by atoms with Gasteiger partial charge in [-0.05, 0) is 30.5 Å². The van der Waals surface area contributed by atoms with Crippen molar-refractivity contribution in [1.29, 1.82) is 0 Å². The summed E-state index contributed by atoms with van der Waals surface area (Å²) >= 11 is 0. The van der Waals surface area contributed by atoms with Crippen molar-refractivity contribution >= 4 is 11.9 Å². The van der Waals surface area contributed by atoms with Gasteiger partial charge in [0.15, 0.2) is 0 Å². The quantitative estimate of drug-likeness (QED) is 0.453. The highest BCUT2D eigenvalue weighted by Crippen LogP contribution is 2.26. The van der Waals surface area contributed by atoms with Gasteiger partial charge in [0.1, 0.15) is 5.82 Å². The number of nitrogens with zero attached hydrogens (tertiary/aromatic N) is 1. The zero-order valence-corrected chi connectivity index (χ0v) is 13.9. The van der Waals surface area contributed by atoms with E-state index in [9.17, 15) is 14.0 Å². The average molecular weight is 337 g/mol. The van der Waals surface area contributed by atoms with Crippen molar-refractivity contribution in [3.8, 4) is 0 Å². The largest absolute Gasteiger partial charge is 0.445 e. The average Bonchev–Trinajstić information content (AvgIpc) is 2.77. The third kappa shape index (κ3) is 4.79. The molecule has 0 radical (unpaired) electrons. The molecule has 0 N–H and O–H groups in total. The number of aryl methyl sites for hydroxylation is 1. The number of ether oxygens (including phenoxy) is 2. The number of benzene rings is 1. The van der Waals surface area contributed by atoms with Gasteiger partial charge in [0.25, 0.3) is 5.91 Å². The van der Waals surface area contributed by atoms with Crippen molar-refractivity contribution in [3.63, 3.8) is 0 Å². The monoisotopic (exact) mass is 337 g/mol. The molecule has 0 unspecified atom stereocenters. The molecular formula is C17H20FNO5. The molecule has 1 heterocycles. The van der Waals surface area contributed by atoms with Crippen LogP contribution in [-0.4, -0.2) is 36.4 Å². The SMILES string of the molecule is CON(CCCc1ccc(F)cc1)C(=O)/C=C1\OC(C)(C)OC1=O. The second-order valence-corrected chi connectivity index (χ2v) is 5.75. The predicted molar refractivity (Wildman–Crippen MR) is 82.8 cm³/mol. The summed E-state index contributed by atoms with van der Waals surface area (Å²) in [5.74, 6) is -2.71. The summed E-state index contributed by atoms with van der Waals surface area (Å²) in [7, 11) is 1.37. The lowest BCUT2D eigenvalue weighted by atomic mass is 10.1. The molecule has 0 bridgehead atoms. The minimum absolute atomic E-state index is 0.148.